The van der Waals surface area contributed by atoms with Crippen LogP contribution in [0.4, 0.5) is 0 Å². The second kappa shape index (κ2) is 39.6. The highest BCUT2D eigenvalue weighted by Gasteiger charge is 2.45. The van der Waals surface area contributed by atoms with Crippen LogP contribution in [0.15, 0.2) is 259 Å². The number of hydrogen-bond donors (Lipinski definition) is 0. The van der Waals surface area contributed by atoms with Crippen molar-refractivity contribution < 1.29 is 0 Å². The highest BCUT2D eigenvalue weighted by molar-refractivity contribution is 9.10. The number of unbranched alkanes of at least 4 members (excludes halogenated alkanes) is 16. The Morgan fingerprint density at radius 2 is 0.412 bits per heavy atom. The molecule has 4 heteroatoms. The molecule has 0 aliphatic heterocycles. The van der Waals surface area contributed by atoms with Gasteiger partial charge in [-0.1, -0.05) is 351 Å². The van der Waals surface area contributed by atoms with Crippen molar-refractivity contribution >= 4 is 81.3 Å². The van der Waals surface area contributed by atoms with Gasteiger partial charge in [0.1, 0.15) is 0 Å². The number of benzene rings is 13. The molecule has 0 spiro atoms. The molecule has 0 saturated heterocycles. The van der Waals surface area contributed by atoms with E-state index in [9.17, 15) is 0 Å². The summed E-state index contributed by atoms with van der Waals surface area (Å²) in [5.74, 6) is 30.0. The van der Waals surface area contributed by atoms with Gasteiger partial charge in [-0.15, -0.1) is 0 Å². The molecule has 18 rings (SSSR count). The summed E-state index contributed by atoms with van der Waals surface area (Å²) in [6, 6.07) is 97.3. The number of aromatic nitrogens is 3. The Morgan fingerprint density at radius 3 is 0.654 bits per heavy atom. The van der Waals surface area contributed by atoms with Gasteiger partial charge in [0.05, 0.1) is 33.1 Å². The fourth-order valence-electron chi connectivity index (χ4n) is 22.2. The molecule has 0 unspecified atom stereocenters. The van der Waals surface area contributed by atoms with Crippen molar-refractivity contribution in [2.24, 2.45) is 0 Å². The lowest BCUT2D eigenvalue weighted by molar-refractivity contribution is 0.399. The fraction of sp³-hybridized carbons (Fsp3) is 0.348. The van der Waals surface area contributed by atoms with Gasteiger partial charge in [0, 0.05) is 109 Å². The van der Waals surface area contributed by atoms with E-state index in [1.54, 1.807) is 0 Å². The summed E-state index contributed by atoms with van der Waals surface area (Å²) < 4.78 is 8.35. The van der Waals surface area contributed by atoms with E-state index in [1.807, 2.05) is 0 Å². The molecule has 0 saturated carbocycles. The average Bonchev–Trinajstić information content (AvgIpc) is 1.55. The van der Waals surface area contributed by atoms with Crippen LogP contribution in [-0.4, -0.2) is 13.7 Å². The first-order valence-electron chi connectivity index (χ1n) is 51.5. The van der Waals surface area contributed by atoms with Gasteiger partial charge in [-0.05, 0) is 320 Å². The van der Waals surface area contributed by atoms with Crippen LogP contribution in [0.1, 0.15) is 354 Å². The summed E-state index contributed by atoms with van der Waals surface area (Å²) in [5, 5.41) is 7.51. The molecule has 0 N–H and O–H groups in total. The summed E-state index contributed by atoms with van der Waals surface area (Å²) in [5.41, 5.74) is 35.1. The van der Waals surface area contributed by atoms with Crippen LogP contribution in [0.5, 0.6) is 0 Å². The van der Waals surface area contributed by atoms with E-state index in [1.165, 1.54) is 239 Å². The second-order valence-corrected chi connectivity index (χ2v) is 44.7. The lowest BCUT2D eigenvalue weighted by Crippen LogP contribution is -2.26. The maximum Gasteiger partial charge on any atom is 0.0541 e. The summed E-state index contributed by atoms with van der Waals surface area (Å²) in [6.07, 6.45) is 29.1. The molecule has 136 heavy (non-hydrogen) atoms. The molecule has 3 heterocycles. The normalized spacial score (nSPS) is 13.2. The van der Waals surface area contributed by atoms with Crippen molar-refractivity contribution in [2.45, 2.75) is 297 Å². The van der Waals surface area contributed by atoms with Crippen LogP contribution >= 0.6 is 15.9 Å². The Bertz CT molecular complexity index is 6860. The van der Waals surface area contributed by atoms with E-state index in [-0.39, 0.29) is 32.5 Å². The van der Waals surface area contributed by atoms with Crippen molar-refractivity contribution in [3.63, 3.8) is 0 Å². The van der Waals surface area contributed by atoms with Crippen molar-refractivity contribution in [3.8, 4) is 86.7 Å². The minimum Gasteiger partial charge on any atom is -0.309 e. The topological polar surface area (TPSA) is 14.8 Å². The number of hydrogen-bond acceptors (Lipinski definition) is 0. The third-order valence-corrected chi connectivity index (χ3v) is 30.6. The van der Waals surface area contributed by atoms with Crippen LogP contribution in [-0.2, 0) is 32.5 Å². The first-order valence-corrected chi connectivity index (χ1v) is 52.3. The molecular weight excluding hydrogens is 1710 g/mol. The lowest BCUT2D eigenvalue weighted by atomic mass is 9.70. The number of nitrogens with zero attached hydrogens (tertiary/aromatic N) is 3. The first kappa shape index (κ1) is 94.3. The molecule has 0 bridgehead atoms. The SMILES string of the molecule is CCCCCCCC1(CCCCCCC)c2cc(C#Cc3ccc(-n4c5ccc(C(C)(C)C)cc5c5cc(C(C)(C)C)ccc54)cc3)ccc2-c2ccc(C#Cc3ccc4c(c3)c3cc(C#Cc5ccc6c(c5)C(CCCCCCC)(CCCCCCC)c5cc(C#Cc7ccc(-n8c9ccc(C(C)(C)C)cc9c9cc(C(C)(C)C)ccc98)cc7)ccc5-6)ccc3n4-c3ccc(Br)cc3)cc21. The standard InChI is InChI=1S/C132H138BrN3/c1-17-21-25-29-33-77-131(78-34-30-26-22-18-2)117-83-95(39-37-91-45-61-104(62-46-91)134-123-73-55-99(127(5,6)7)87-113(123)114-88-100(128(8,9)10)56-74-124(114)134)49-67-107(117)109-69-51-97(85-119(109)131)43-41-93-53-71-121-111(81-93)112-82-94(54-72-122(112)136(121)106-65-59-103(133)60-66-106)42-44-98-52-70-110-108-68-50-96(84-118(108)132(120(110)86-98,79-35-31-27-23-19-3)80-36-32-28-24-20-4)40-38-92-47-63-105(64-48-92)135-125-75-57-101(129(11,12)13)89-115(125)116-90-102(130(14,15)16)58-76-126(116)135/h45-76,81-90H,17-36,77-80H2,1-16H3. The Kier molecular flexibility index (Phi) is 27.5. The van der Waals surface area contributed by atoms with Gasteiger partial charge in [0.25, 0.3) is 0 Å². The molecule has 0 fully saturated rings. The van der Waals surface area contributed by atoms with E-state index >= 15 is 0 Å². The minimum atomic E-state index is -0.165. The van der Waals surface area contributed by atoms with Gasteiger partial charge in [0.15, 0.2) is 0 Å². The Morgan fingerprint density at radius 1 is 0.213 bits per heavy atom. The number of fused-ring (bicyclic) bond motifs is 15. The highest BCUT2D eigenvalue weighted by atomic mass is 79.9. The molecule has 13 aromatic carbocycles. The molecule has 2 aliphatic carbocycles. The third-order valence-electron chi connectivity index (χ3n) is 30.0. The van der Waals surface area contributed by atoms with E-state index in [0.29, 0.717) is 0 Å². The van der Waals surface area contributed by atoms with Crippen LogP contribution in [0.3, 0.4) is 0 Å². The van der Waals surface area contributed by atoms with Crippen molar-refractivity contribution in [3.05, 3.63) is 348 Å². The smallest absolute Gasteiger partial charge is 0.0541 e. The van der Waals surface area contributed by atoms with Crippen molar-refractivity contribution in [1.29, 1.82) is 0 Å². The predicted octanol–water partition coefficient (Wildman–Crippen LogP) is 36.5. The number of halogens is 1. The first-order chi connectivity index (χ1) is 65.6. The molecule has 3 nitrogen and oxygen atoms in total. The maximum atomic E-state index is 3.81. The van der Waals surface area contributed by atoms with Gasteiger partial charge in [-0.3, -0.25) is 0 Å². The van der Waals surface area contributed by atoms with Gasteiger partial charge < -0.3 is 13.7 Å². The molecule has 2 aliphatic rings. The van der Waals surface area contributed by atoms with Crippen LogP contribution in [0.25, 0.3) is 105 Å². The molecule has 3 aromatic heterocycles. The van der Waals surface area contributed by atoms with E-state index in [2.05, 4.69) is 443 Å². The van der Waals surface area contributed by atoms with Crippen LogP contribution in [0.2, 0.25) is 0 Å². The maximum absolute atomic E-state index is 3.81. The largest absolute Gasteiger partial charge is 0.309 e. The molecule has 0 atom stereocenters. The molecular formula is C132H138BrN3. The second-order valence-electron chi connectivity index (χ2n) is 43.8. The highest BCUT2D eigenvalue weighted by Crippen LogP contribution is 2.57. The lowest BCUT2D eigenvalue weighted by Gasteiger charge is -2.33. The Balaban J connectivity index is 0.661. The monoisotopic (exact) mass is 1840 g/mol. The van der Waals surface area contributed by atoms with Gasteiger partial charge in [-0.2, -0.15) is 0 Å². The quantitative estimate of drug-likeness (QED) is 0.0360. The summed E-state index contributed by atoms with van der Waals surface area (Å²) in [4.78, 5) is 0. The number of rotatable bonds is 27. The minimum absolute atomic E-state index is 0.0345. The average molecular weight is 1850 g/mol. The Hall–Kier alpha value is -12.0. The van der Waals surface area contributed by atoms with Crippen LogP contribution < -0.4 is 0 Å². The van der Waals surface area contributed by atoms with Crippen LogP contribution in [0, 0.1) is 47.4 Å². The van der Waals surface area contributed by atoms with Gasteiger partial charge in [-0.25, -0.2) is 0 Å². The van der Waals surface area contributed by atoms with Gasteiger partial charge >= 0.3 is 0 Å². The summed E-state index contributed by atoms with van der Waals surface area (Å²) in [6.45, 7) is 37.0. The zero-order chi connectivity index (χ0) is 94.8. The zero-order valence-electron chi connectivity index (χ0n) is 83.9. The zero-order valence-corrected chi connectivity index (χ0v) is 85.5. The predicted molar refractivity (Wildman–Crippen MR) is 588 cm³/mol. The van der Waals surface area contributed by atoms with E-state index in [0.717, 1.165) is 114 Å². The molecule has 0 radical (unpaired) electrons. The third kappa shape index (κ3) is 19.3. The fourth-order valence-corrected chi connectivity index (χ4v) is 22.5. The van der Waals surface area contributed by atoms with Crippen molar-refractivity contribution in [2.75, 3.05) is 0 Å². The molecule has 16 aromatic rings. The Labute approximate surface area is 821 Å². The summed E-state index contributed by atoms with van der Waals surface area (Å²) in [7, 11) is 0. The van der Waals surface area contributed by atoms with Gasteiger partial charge in [0.2, 0.25) is 0 Å². The van der Waals surface area contributed by atoms with Crippen molar-refractivity contribution in [1.82, 2.24) is 13.7 Å². The summed E-state index contributed by atoms with van der Waals surface area (Å²) >= 11 is 3.76. The molecule has 688 valence electrons. The molecule has 0 amide bonds. The van der Waals surface area contributed by atoms with E-state index in [4.69, 9.17) is 0 Å². The van der Waals surface area contributed by atoms with E-state index < -0.39 is 0 Å².